The molecule has 0 aromatic carbocycles. The Labute approximate surface area is 79.2 Å². The summed E-state index contributed by atoms with van der Waals surface area (Å²) in [5.41, 5.74) is 1.32. The Morgan fingerprint density at radius 1 is 1.45 bits per heavy atom. The standard InChI is InChI=1S/C10H19Br/c1-9(2)5-4-6-10(3)7-8-11/h10H,1,4-8H2,2-3H3/t10-/m1/s1. The Hall–Kier alpha value is 0.220. The maximum Gasteiger partial charge on any atom is 0.00338 e. The Balaban J connectivity index is 3.16. The molecule has 0 aromatic heterocycles. The Morgan fingerprint density at radius 3 is 2.55 bits per heavy atom. The minimum Gasteiger partial charge on any atom is -0.100 e. The molecule has 11 heavy (non-hydrogen) atoms. The van der Waals surface area contributed by atoms with Crippen LogP contribution in [0, 0.1) is 5.92 Å². The van der Waals surface area contributed by atoms with Crippen molar-refractivity contribution in [3.05, 3.63) is 12.2 Å². The summed E-state index contributed by atoms with van der Waals surface area (Å²) < 4.78 is 0. The van der Waals surface area contributed by atoms with Gasteiger partial charge < -0.3 is 0 Å². The molecule has 0 nitrogen and oxygen atoms in total. The fourth-order valence-electron chi connectivity index (χ4n) is 1.08. The molecule has 0 aliphatic rings. The molecule has 0 fully saturated rings. The normalized spacial score (nSPS) is 13.0. The largest absolute Gasteiger partial charge is 0.100 e. The van der Waals surface area contributed by atoms with Gasteiger partial charge in [-0.15, -0.1) is 6.58 Å². The van der Waals surface area contributed by atoms with Crippen molar-refractivity contribution < 1.29 is 0 Å². The highest BCUT2D eigenvalue weighted by atomic mass is 79.9. The monoisotopic (exact) mass is 218 g/mol. The molecule has 1 atom stereocenters. The predicted octanol–water partition coefficient (Wildman–Crippen LogP) is 4.15. The van der Waals surface area contributed by atoms with E-state index in [0.29, 0.717) is 0 Å². The minimum absolute atomic E-state index is 0.869. The maximum absolute atomic E-state index is 3.89. The van der Waals surface area contributed by atoms with E-state index in [4.69, 9.17) is 0 Å². The fraction of sp³-hybridized carbons (Fsp3) is 0.800. The van der Waals surface area contributed by atoms with Crippen LogP contribution in [0.4, 0.5) is 0 Å². The zero-order valence-electron chi connectivity index (χ0n) is 7.70. The van der Waals surface area contributed by atoms with E-state index < -0.39 is 0 Å². The topological polar surface area (TPSA) is 0 Å². The van der Waals surface area contributed by atoms with Crippen LogP contribution < -0.4 is 0 Å². The van der Waals surface area contributed by atoms with E-state index in [-0.39, 0.29) is 0 Å². The summed E-state index contributed by atoms with van der Waals surface area (Å²) in [4.78, 5) is 0. The first-order valence-electron chi connectivity index (χ1n) is 4.37. The number of alkyl halides is 1. The third kappa shape index (κ3) is 8.12. The summed E-state index contributed by atoms with van der Waals surface area (Å²) >= 11 is 3.45. The molecule has 0 bridgehead atoms. The zero-order chi connectivity index (χ0) is 8.69. The van der Waals surface area contributed by atoms with Gasteiger partial charge in [-0.1, -0.05) is 34.8 Å². The lowest BCUT2D eigenvalue weighted by molar-refractivity contribution is 0.500. The van der Waals surface area contributed by atoms with Crippen LogP contribution in [0.15, 0.2) is 12.2 Å². The summed E-state index contributed by atoms with van der Waals surface area (Å²) in [6.45, 7) is 8.31. The maximum atomic E-state index is 3.89. The average Bonchev–Trinajstić information content (AvgIpc) is 1.87. The average molecular weight is 219 g/mol. The van der Waals surface area contributed by atoms with E-state index >= 15 is 0 Å². The van der Waals surface area contributed by atoms with E-state index in [2.05, 4.69) is 36.4 Å². The molecule has 0 aromatic rings. The summed E-state index contributed by atoms with van der Waals surface area (Å²) in [7, 11) is 0. The SMILES string of the molecule is C=C(C)CCC[C@@H](C)CCBr. The molecule has 1 heteroatoms. The number of allylic oxidation sites excluding steroid dienone is 1. The van der Waals surface area contributed by atoms with Gasteiger partial charge in [0.15, 0.2) is 0 Å². The molecule has 0 aliphatic heterocycles. The Bertz CT molecular complexity index is 107. The van der Waals surface area contributed by atoms with Crippen LogP contribution in [-0.4, -0.2) is 5.33 Å². The Kier molecular flexibility index (Phi) is 7.04. The Morgan fingerprint density at radius 2 is 2.09 bits per heavy atom. The minimum atomic E-state index is 0.869. The highest BCUT2D eigenvalue weighted by Gasteiger charge is 1.99. The van der Waals surface area contributed by atoms with Crippen LogP contribution in [0.3, 0.4) is 0 Å². The number of halogens is 1. The summed E-state index contributed by atoms with van der Waals surface area (Å²) in [5, 5.41) is 1.14. The van der Waals surface area contributed by atoms with Gasteiger partial charge in [-0.05, 0) is 32.1 Å². The summed E-state index contributed by atoms with van der Waals surface area (Å²) in [5.74, 6) is 0.869. The third-order valence-electron chi connectivity index (χ3n) is 1.90. The lowest BCUT2D eigenvalue weighted by Gasteiger charge is -2.08. The van der Waals surface area contributed by atoms with Gasteiger partial charge in [0.2, 0.25) is 0 Å². The van der Waals surface area contributed by atoms with Crippen molar-refractivity contribution in [2.45, 2.75) is 39.5 Å². The second kappa shape index (κ2) is 6.90. The molecule has 0 heterocycles. The van der Waals surface area contributed by atoms with Crippen molar-refractivity contribution in [1.82, 2.24) is 0 Å². The van der Waals surface area contributed by atoms with Crippen LogP contribution >= 0.6 is 15.9 Å². The molecule has 66 valence electrons. The highest BCUT2D eigenvalue weighted by Crippen LogP contribution is 2.14. The highest BCUT2D eigenvalue weighted by molar-refractivity contribution is 9.09. The van der Waals surface area contributed by atoms with Crippen molar-refractivity contribution in [3.63, 3.8) is 0 Å². The van der Waals surface area contributed by atoms with E-state index in [1.165, 1.54) is 31.3 Å². The molecule has 0 rings (SSSR count). The summed E-state index contributed by atoms with van der Waals surface area (Å²) in [6, 6.07) is 0. The molecule has 0 spiro atoms. The fourth-order valence-corrected chi connectivity index (χ4v) is 1.86. The lowest BCUT2D eigenvalue weighted by Crippen LogP contribution is -1.95. The van der Waals surface area contributed by atoms with Crippen LogP contribution in [0.2, 0.25) is 0 Å². The zero-order valence-corrected chi connectivity index (χ0v) is 9.28. The summed E-state index contributed by atoms with van der Waals surface area (Å²) in [6.07, 6.45) is 5.16. The first-order chi connectivity index (χ1) is 5.16. The van der Waals surface area contributed by atoms with Crippen molar-refractivity contribution in [2.75, 3.05) is 5.33 Å². The molecule has 0 unspecified atom stereocenters. The molecule has 0 N–H and O–H groups in total. The molecule has 0 saturated carbocycles. The predicted molar refractivity (Wildman–Crippen MR) is 56.2 cm³/mol. The number of rotatable bonds is 6. The molecule has 0 amide bonds. The van der Waals surface area contributed by atoms with Crippen LogP contribution in [-0.2, 0) is 0 Å². The molecular weight excluding hydrogens is 200 g/mol. The van der Waals surface area contributed by atoms with E-state index in [1.807, 2.05) is 0 Å². The van der Waals surface area contributed by atoms with Gasteiger partial charge in [-0.25, -0.2) is 0 Å². The second-order valence-corrected chi connectivity index (χ2v) is 4.23. The molecule has 0 radical (unpaired) electrons. The van der Waals surface area contributed by atoms with Crippen molar-refractivity contribution in [1.29, 1.82) is 0 Å². The number of hydrogen-bond acceptors (Lipinski definition) is 0. The van der Waals surface area contributed by atoms with Crippen molar-refractivity contribution in [3.8, 4) is 0 Å². The molecule has 0 aliphatic carbocycles. The van der Waals surface area contributed by atoms with Crippen LogP contribution in [0.1, 0.15) is 39.5 Å². The smallest absolute Gasteiger partial charge is 0.00338 e. The van der Waals surface area contributed by atoms with Gasteiger partial charge in [0.1, 0.15) is 0 Å². The lowest BCUT2D eigenvalue weighted by atomic mass is 10.0. The van der Waals surface area contributed by atoms with Gasteiger partial charge in [-0.2, -0.15) is 0 Å². The van der Waals surface area contributed by atoms with Gasteiger partial charge in [0.05, 0.1) is 0 Å². The van der Waals surface area contributed by atoms with Crippen molar-refractivity contribution >= 4 is 15.9 Å². The van der Waals surface area contributed by atoms with Gasteiger partial charge >= 0.3 is 0 Å². The van der Waals surface area contributed by atoms with Gasteiger partial charge in [-0.3, -0.25) is 0 Å². The first kappa shape index (κ1) is 11.2. The van der Waals surface area contributed by atoms with E-state index in [0.717, 1.165) is 11.2 Å². The van der Waals surface area contributed by atoms with Crippen LogP contribution in [0.25, 0.3) is 0 Å². The molecular formula is C10H19Br. The number of hydrogen-bond donors (Lipinski definition) is 0. The first-order valence-corrected chi connectivity index (χ1v) is 5.49. The van der Waals surface area contributed by atoms with Gasteiger partial charge in [0.25, 0.3) is 0 Å². The van der Waals surface area contributed by atoms with Crippen LogP contribution in [0.5, 0.6) is 0 Å². The third-order valence-corrected chi connectivity index (χ3v) is 2.36. The van der Waals surface area contributed by atoms with E-state index in [1.54, 1.807) is 0 Å². The second-order valence-electron chi connectivity index (χ2n) is 3.43. The van der Waals surface area contributed by atoms with E-state index in [9.17, 15) is 0 Å². The molecule has 0 saturated heterocycles. The van der Waals surface area contributed by atoms with Gasteiger partial charge in [0, 0.05) is 5.33 Å². The quantitative estimate of drug-likeness (QED) is 0.465. The van der Waals surface area contributed by atoms with Crippen molar-refractivity contribution in [2.24, 2.45) is 5.92 Å².